The smallest absolute Gasteiger partial charge is 0.321 e. The second kappa shape index (κ2) is 10.2. The van der Waals surface area contributed by atoms with Gasteiger partial charge < -0.3 is 29.5 Å². The molecule has 10 nitrogen and oxygen atoms in total. The fourth-order valence-corrected chi connectivity index (χ4v) is 6.13. The molecule has 4 rings (SSSR count). The molecular formula is C23H28BrN3O7S. The molecule has 0 aliphatic carbocycles. The molecule has 2 aromatic carbocycles. The number of hydrogen-bond acceptors (Lipinski definition) is 7. The molecule has 2 heterocycles. The molecule has 0 radical (unpaired) electrons. The van der Waals surface area contributed by atoms with Gasteiger partial charge in [0.1, 0.15) is 16.7 Å². The van der Waals surface area contributed by atoms with Gasteiger partial charge in [-0.1, -0.05) is 22.9 Å². The molecule has 12 heteroatoms. The summed E-state index contributed by atoms with van der Waals surface area (Å²) in [4.78, 5) is 14.4. The van der Waals surface area contributed by atoms with Crippen LogP contribution in [0.15, 0.2) is 45.8 Å². The Morgan fingerprint density at radius 2 is 1.97 bits per heavy atom. The largest absolute Gasteiger partial charge is 0.487 e. The Hall–Kier alpha value is -2.54. The summed E-state index contributed by atoms with van der Waals surface area (Å²) in [6.07, 6.45) is -0.514. The third-order valence-electron chi connectivity index (χ3n) is 6.05. The highest BCUT2D eigenvalue weighted by molar-refractivity contribution is 9.10. The summed E-state index contributed by atoms with van der Waals surface area (Å²) in [5.41, 5.74) is 0.557. The lowest BCUT2D eigenvalue weighted by Crippen LogP contribution is -2.50. The molecule has 0 spiro atoms. The molecule has 2 aliphatic heterocycles. The Kier molecular flexibility index (Phi) is 7.46. The number of nitrogens with zero attached hydrogens (tertiary/aromatic N) is 2. The first kappa shape index (κ1) is 25.5. The van der Waals surface area contributed by atoms with E-state index in [1.165, 1.54) is 15.3 Å². The Morgan fingerprint density at radius 3 is 2.71 bits per heavy atom. The van der Waals surface area contributed by atoms with Crippen molar-refractivity contribution in [1.29, 1.82) is 0 Å². The van der Waals surface area contributed by atoms with E-state index in [2.05, 4.69) is 21.2 Å². The number of sulfonamides is 1. The molecular weight excluding hydrogens is 542 g/mol. The SMILES string of the molecule is C[C@H]1CN([C@@H](C)CO)S(=O)(=O)c2ccc(Br)cc2O[C@@H]1CN(C)C(=O)Nc1ccc2c(c1)OCO2. The highest BCUT2D eigenvalue weighted by Gasteiger charge is 2.38. The van der Waals surface area contributed by atoms with Gasteiger partial charge in [-0.3, -0.25) is 0 Å². The number of anilines is 1. The van der Waals surface area contributed by atoms with Gasteiger partial charge in [0.05, 0.1) is 13.2 Å². The number of urea groups is 1. The Labute approximate surface area is 212 Å². The number of aliphatic hydroxyl groups is 1. The number of hydrogen-bond donors (Lipinski definition) is 2. The topological polar surface area (TPSA) is 118 Å². The second-order valence-corrected chi connectivity index (χ2v) is 11.5. The molecule has 0 saturated carbocycles. The first-order chi connectivity index (χ1) is 16.6. The van der Waals surface area contributed by atoms with Crippen LogP contribution >= 0.6 is 15.9 Å². The minimum absolute atomic E-state index is 0.0189. The zero-order valence-electron chi connectivity index (χ0n) is 19.6. The molecule has 0 saturated heterocycles. The fraction of sp³-hybridized carbons (Fsp3) is 0.435. The summed E-state index contributed by atoms with van der Waals surface area (Å²) in [5.74, 6) is 1.08. The fourth-order valence-electron chi connectivity index (χ4n) is 3.96. The van der Waals surface area contributed by atoms with E-state index in [1.807, 2.05) is 6.92 Å². The van der Waals surface area contributed by atoms with Crippen LogP contribution < -0.4 is 19.5 Å². The molecule has 2 amide bonds. The van der Waals surface area contributed by atoms with Crippen molar-refractivity contribution in [2.24, 2.45) is 5.92 Å². The number of amides is 2. The van der Waals surface area contributed by atoms with Crippen molar-refractivity contribution in [3.63, 3.8) is 0 Å². The molecule has 0 bridgehead atoms. The molecule has 190 valence electrons. The average molecular weight is 570 g/mol. The number of benzene rings is 2. The van der Waals surface area contributed by atoms with E-state index >= 15 is 0 Å². The van der Waals surface area contributed by atoms with Gasteiger partial charge in [-0.2, -0.15) is 4.31 Å². The van der Waals surface area contributed by atoms with Crippen molar-refractivity contribution in [3.8, 4) is 17.2 Å². The van der Waals surface area contributed by atoms with Crippen LogP contribution in [0.2, 0.25) is 0 Å². The maximum absolute atomic E-state index is 13.4. The van der Waals surface area contributed by atoms with Crippen molar-refractivity contribution in [3.05, 3.63) is 40.9 Å². The van der Waals surface area contributed by atoms with Crippen LogP contribution in [0.1, 0.15) is 13.8 Å². The lowest BCUT2D eigenvalue weighted by atomic mass is 10.0. The summed E-state index contributed by atoms with van der Waals surface area (Å²) < 4.78 is 45.6. The lowest BCUT2D eigenvalue weighted by Gasteiger charge is -2.37. The number of ether oxygens (including phenoxy) is 3. The Bertz CT molecular complexity index is 1210. The quantitative estimate of drug-likeness (QED) is 0.568. The number of aliphatic hydroxyl groups excluding tert-OH is 1. The van der Waals surface area contributed by atoms with E-state index < -0.39 is 22.2 Å². The van der Waals surface area contributed by atoms with Crippen molar-refractivity contribution in [2.45, 2.75) is 30.9 Å². The molecule has 2 aromatic rings. The van der Waals surface area contributed by atoms with Gasteiger partial charge in [-0.25, -0.2) is 13.2 Å². The summed E-state index contributed by atoms with van der Waals surface area (Å²) >= 11 is 3.38. The number of nitrogens with one attached hydrogen (secondary N) is 1. The van der Waals surface area contributed by atoms with Crippen molar-refractivity contribution >= 4 is 37.7 Å². The number of rotatable bonds is 5. The van der Waals surface area contributed by atoms with Crippen LogP contribution in [0.4, 0.5) is 10.5 Å². The van der Waals surface area contributed by atoms with Crippen LogP contribution in [0.5, 0.6) is 17.2 Å². The van der Waals surface area contributed by atoms with E-state index in [-0.39, 0.29) is 49.1 Å². The summed E-state index contributed by atoms with van der Waals surface area (Å²) in [5, 5.41) is 12.5. The van der Waals surface area contributed by atoms with Crippen LogP contribution in [-0.2, 0) is 10.0 Å². The molecule has 0 aromatic heterocycles. The average Bonchev–Trinajstić information content (AvgIpc) is 3.28. The van der Waals surface area contributed by atoms with E-state index in [0.29, 0.717) is 21.7 Å². The normalized spacial score (nSPS) is 21.7. The monoisotopic (exact) mass is 569 g/mol. The molecule has 2 N–H and O–H groups in total. The minimum Gasteiger partial charge on any atom is -0.487 e. The van der Waals surface area contributed by atoms with Gasteiger partial charge in [-0.15, -0.1) is 0 Å². The predicted molar refractivity (Wildman–Crippen MR) is 132 cm³/mol. The van der Waals surface area contributed by atoms with Crippen LogP contribution in [0.25, 0.3) is 0 Å². The lowest BCUT2D eigenvalue weighted by molar-refractivity contribution is 0.0829. The van der Waals surface area contributed by atoms with Crippen LogP contribution in [0.3, 0.4) is 0 Å². The third kappa shape index (κ3) is 5.35. The van der Waals surface area contributed by atoms with Crippen molar-refractivity contribution in [1.82, 2.24) is 9.21 Å². The van der Waals surface area contributed by atoms with Crippen molar-refractivity contribution < 1.29 is 32.5 Å². The van der Waals surface area contributed by atoms with Gasteiger partial charge >= 0.3 is 6.03 Å². The number of carbonyl (C=O) groups excluding carboxylic acids is 1. The highest BCUT2D eigenvalue weighted by atomic mass is 79.9. The van der Waals surface area contributed by atoms with E-state index in [0.717, 1.165) is 0 Å². The van der Waals surface area contributed by atoms with E-state index in [9.17, 15) is 18.3 Å². The molecule has 35 heavy (non-hydrogen) atoms. The third-order valence-corrected chi connectivity index (χ3v) is 8.57. The summed E-state index contributed by atoms with van der Waals surface area (Å²) in [6, 6.07) is 8.88. The standard InChI is InChI=1S/C23H28BrN3O7S/c1-14-10-27(15(2)12-28)35(30,31)22-7-4-16(24)8-20(22)34-21(14)11-26(3)23(29)25-17-5-6-18-19(9-17)33-13-32-18/h4-9,14-15,21,28H,10-13H2,1-3H3,(H,25,29)/t14-,15-,21+/m0/s1. The summed E-state index contributed by atoms with van der Waals surface area (Å²) in [7, 11) is -2.26. The van der Waals surface area contributed by atoms with Gasteiger partial charge in [-0.05, 0) is 37.3 Å². The first-order valence-electron chi connectivity index (χ1n) is 11.1. The maximum atomic E-state index is 13.4. The number of likely N-dealkylation sites (N-methyl/N-ethyl adjacent to an activating group) is 1. The van der Waals surface area contributed by atoms with Gasteiger partial charge in [0.15, 0.2) is 11.5 Å². The van der Waals surface area contributed by atoms with Gasteiger partial charge in [0, 0.05) is 41.8 Å². The second-order valence-electron chi connectivity index (χ2n) is 8.71. The van der Waals surface area contributed by atoms with Crippen molar-refractivity contribution in [2.75, 3.05) is 38.9 Å². The zero-order valence-corrected chi connectivity index (χ0v) is 22.0. The molecule has 0 fully saturated rings. The first-order valence-corrected chi connectivity index (χ1v) is 13.3. The molecule has 0 unspecified atom stereocenters. The number of carbonyl (C=O) groups is 1. The Balaban J connectivity index is 1.56. The Morgan fingerprint density at radius 1 is 1.23 bits per heavy atom. The van der Waals surface area contributed by atoms with Crippen LogP contribution in [-0.4, -0.2) is 74.4 Å². The van der Waals surface area contributed by atoms with Gasteiger partial charge in [0.2, 0.25) is 16.8 Å². The highest BCUT2D eigenvalue weighted by Crippen LogP contribution is 2.36. The summed E-state index contributed by atoms with van der Waals surface area (Å²) in [6.45, 7) is 3.67. The number of fused-ring (bicyclic) bond motifs is 2. The molecule has 2 aliphatic rings. The molecule has 3 atom stereocenters. The zero-order chi connectivity index (χ0) is 25.3. The van der Waals surface area contributed by atoms with Gasteiger partial charge in [0.25, 0.3) is 0 Å². The minimum atomic E-state index is -3.91. The van der Waals surface area contributed by atoms with E-state index in [1.54, 1.807) is 44.3 Å². The van der Waals surface area contributed by atoms with E-state index in [4.69, 9.17) is 14.2 Å². The maximum Gasteiger partial charge on any atom is 0.321 e. The predicted octanol–water partition coefficient (Wildman–Crippen LogP) is 3.11. The number of halogens is 1. The van der Waals surface area contributed by atoms with Crippen LogP contribution in [0, 0.1) is 5.92 Å².